The number of anilines is 1. The summed E-state index contributed by atoms with van der Waals surface area (Å²) in [5.74, 6) is 2.09. The molecule has 112 valence electrons. The van der Waals surface area contributed by atoms with Crippen LogP contribution in [0.25, 0.3) is 10.9 Å². The highest BCUT2D eigenvalue weighted by atomic mass is 32.2. The van der Waals surface area contributed by atoms with Gasteiger partial charge in [0.15, 0.2) is 0 Å². The maximum atomic E-state index is 12.8. The van der Waals surface area contributed by atoms with Gasteiger partial charge in [-0.05, 0) is 25.1 Å². The highest BCUT2D eigenvalue weighted by molar-refractivity contribution is 7.99. The van der Waals surface area contributed by atoms with Crippen molar-refractivity contribution in [3.05, 3.63) is 35.5 Å². The van der Waals surface area contributed by atoms with Crippen LogP contribution >= 0.6 is 11.8 Å². The minimum Gasteiger partial charge on any atom is -0.369 e. The second kappa shape index (κ2) is 5.40. The standard InChI is InChI=1S/C15H15F3N2S/c1-10-8-14(20-4-6-21-7-5-20)12-3-2-11(15(16,17)18)9-13(12)19-10/h2-3,8-9H,4-7H2,1H3. The molecule has 0 atom stereocenters. The quantitative estimate of drug-likeness (QED) is 0.788. The first kappa shape index (κ1) is 14.5. The van der Waals surface area contributed by atoms with Gasteiger partial charge < -0.3 is 4.90 Å². The molecule has 1 aliphatic rings. The number of pyridine rings is 1. The largest absolute Gasteiger partial charge is 0.416 e. The molecule has 1 aromatic heterocycles. The Kier molecular flexibility index (Phi) is 3.73. The second-order valence-corrected chi connectivity index (χ2v) is 6.34. The number of rotatable bonds is 1. The van der Waals surface area contributed by atoms with Crippen LogP contribution in [0.1, 0.15) is 11.3 Å². The molecule has 3 rings (SSSR count). The van der Waals surface area contributed by atoms with E-state index in [-0.39, 0.29) is 0 Å². The number of fused-ring (bicyclic) bond motifs is 1. The molecule has 0 bridgehead atoms. The Labute approximate surface area is 125 Å². The SMILES string of the molecule is Cc1cc(N2CCSCC2)c2ccc(C(F)(F)F)cc2n1. The van der Waals surface area contributed by atoms with Gasteiger partial charge in [0.05, 0.1) is 11.1 Å². The predicted molar refractivity (Wildman–Crippen MR) is 81.0 cm³/mol. The van der Waals surface area contributed by atoms with Crippen molar-refractivity contribution in [1.29, 1.82) is 0 Å². The van der Waals surface area contributed by atoms with E-state index in [2.05, 4.69) is 9.88 Å². The van der Waals surface area contributed by atoms with E-state index in [0.717, 1.165) is 53.5 Å². The topological polar surface area (TPSA) is 16.1 Å². The van der Waals surface area contributed by atoms with Crippen molar-refractivity contribution in [2.45, 2.75) is 13.1 Å². The van der Waals surface area contributed by atoms with E-state index in [1.165, 1.54) is 0 Å². The van der Waals surface area contributed by atoms with Gasteiger partial charge >= 0.3 is 6.18 Å². The molecule has 0 saturated carbocycles. The van der Waals surface area contributed by atoms with Gasteiger partial charge in [-0.25, -0.2) is 0 Å². The first-order valence-electron chi connectivity index (χ1n) is 6.76. The highest BCUT2D eigenvalue weighted by Gasteiger charge is 2.31. The summed E-state index contributed by atoms with van der Waals surface area (Å²) in [6.07, 6.45) is -4.33. The number of aromatic nitrogens is 1. The van der Waals surface area contributed by atoms with Crippen LogP contribution in [0.3, 0.4) is 0 Å². The number of benzene rings is 1. The van der Waals surface area contributed by atoms with Crippen LogP contribution in [0.4, 0.5) is 18.9 Å². The number of thioether (sulfide) groups is 1. The summed E-state index contributed by atoms with van der Waals surface area (Å²) >= 11 is 1.90. The van der Waals surface area contributed by atoms with Gasteiger partial charge in [0.25, 0.3) is 0 Å². The monoisotopic (exact) mass is 312 g/mol. The van der Waals surface area contributed by atoms with Crippen molar-refractivity contribution in [2.75, 3.05) is 29.5 Å². The van der Waals surface area contributed by atoms with Gasteiger partial charge in [-0.2, -0.15) is 24.9 Å². The van der Waals surface area contributed by atoms with E-state index in [0.29, 0.717) is 5.52 Å². The van der Waals surface area contributed by atoms with Crippen LogP contribution in [0.2, 0.25) is 0 Å². The Balaban J connectivity index is 2.12. The Bertz CT molecular complexity index is 664. The summed E-state index contributed by atoms with van der Waals surface area (Å²) < 4.78 is 38.5. The van der Waals surface area contributed by atoms with Crippen molar-refractivity contribution >= 4 is 28.4 Å². The average molecular weight is 312 g/mol. The Morgan fingerprint density at radius 3 is 2.52 bits per heavy atom. The first-order valence-corrected chi connectivity index (χ1v) is 7.92. The molecule has 0 radical (unpaired) electrons. The lowest BCUT2D eigenvalue weighted by Crippen LogP contribution is -2.32. The van der Waals surface area contributed by atoms with Crippen LogP contribution in [-0.4, -0.2) is 29.6 Å². The molecule has 0 N–H and O–H groups in total. The van der Waals surface area contributed by atoms with Gasteiger partial charge in [0.1, 0.15) is 0 Å². The van der Waals surface area contributed by atoms with Gasteiger partial charge in [0, 0.05) is 41.4 Å². The van der Waals surface area contributed by atoms with Crippen molar-refractivity contribution < 1.29 is 13.2 Å². The summed E-state index contributed by atoms with van der Waals surface area (Å²) in [5.41, 5.74) is 1.51. The summed E-state index contributed by atoms with van der Waals surface area (Å²) in [6.45, 7) is 3.66. The molecule has 0 unspecified atom stereocenters. The van der Waals surface area contributed by atoms with Crippen LogP contribution < -0.4 is 4.90 Å². The zero-order chi connectivity index (χ0) is 15.0. The van der Waals surface area contributed by atoms with Crippen LogP contribution in [0.5, 0.6) is 0 Å². The summed E-state index contributed by atoms with van der Waals surface area (Å²) in [7, 11) is 0. The van der Waals surface area contributed by atoms with E-state index in [9.17, 15) is 13.2 Å². The molecule has 1 aromatic carbocycles. The van der Waals surface area contributed by atoms with Crippen molar-refractivity contribution in [3.63, 3.8) is 0 Å². The molecule has 2 nitrogen and oxygen atoms in total. The Hall–Kier alpha value is -1.43. The minimum absolute atomic E-state index is 0.415. The van der Waals surface area contributed by atoms with Gasteiger partial charge in [0.2, 0.25) is 0 Å². The molecule has 0 amide bonds. The van der Waals surface area contributed by atoms with E-state index in [1.54, 1.807) is 6.07 Å². The van der Waals surface area contributed by atoms with Crippen LogP contribution in [-0.2, 0) is 6.18 Å². The smallest absolute Gasteiger partial charge is 0.369 e. The van der Waals surface area contributed by atoms with E-state index < -0.39 is 11.7 Å². The maximum absolute atomic E-state index is 12.8. The predicted octanol–water partition coefficient (Wildman–Crippen LogP) is 4.12. The fraction of sp³-hybridized carbons (Fsp3) is 0.400. The number of alkyl halides is 3. The van der Waals surface area contributed by atoms with E-state index in [4.69, 9.17) is 0 Å². The van der Waals surface area contributed by atoms with Crippen LogP contribution in [0, 0.1) is 6.92 Å². The summed E-state index contributed by atoms with van der Waals surface area (Å²) in [6, 6.07) is 5.79. The van der Waals surface area contributed by atoms with Gasteiger partial charge in [-0.3, -0.25) is 4.98 Å². The van der Waals surface area contributed by atoms with Crippen molar-refractivity contribution in [1.82, 2.24) is 4.98 Å². The molecule has 6 heteroatoms. The molecular formula is C15H15F3N2S. The first-order chi connectivity index (χ1) is 9.95. The highest BCUT2D eigenvalue weighted by Crippen LogP contribution is 2.34. The number of aryl methyl sites for hydroxylation is 1. The molecule has 0 spiro atoms. The van der Waals surface area contributed by atoms with Crippen LogP contribution in [0.15, 0.2) is 24.3 Å². The lowest BCUT2D eigenvalue weighted by Gasteiger charge is -2.29. The molecule has 2 heterocycles. The zero-order valence-corrected chi connectivity index (χ0v) is 12.4. The number of nitrogens with zero attached hydrogens (tertiary/aromatic N) is 2. The molecule has 0 aliphatic carbocycles. The van der Waals surface area contributed by atoms with Crippen molar-refractivity contribution in [3.8, 4) is 0 Å². The number of halogens is 3. The number of hydrogen-bond donors (Lipinski definition) is 0. The molecule has 21 heavy (non-hydrogen) atoms. The molecule has 2 aromatic rings. The number of hydrogen-bond acceptors (Lipinski definition) is 3. The fourth-order valence-electron chi connectivity index (χ4n) is 2.58. The van der Waals surface area contributed by atoms with Crippen molar-refractivity contribution in [2.24, 2.45) is 0 Å². The molecule has 1 aliphatic heterocycles. The van der Waals surface area contributed by atoms with Gasteiger partial charge in [-0.15, -0.1) is 0 Å². The third kappa shape index (κ3) is 2.95. The Morgan fingerprint density at radius 1 is 1.14 bits per heavy atom. The van der Waals surface area contributed by atoms with Gasteiger partial charge in [-0.1, -0.05) is 6.07 Å². The third-order valence-electron chi connectivity index (χ3n) is 3.60. The second-order valence-electron chi connectivity index (χ2n) is 5.11. The summed E-state index contributed by atoms with van der Waals surface area (Å²) in [5, 5.41) is 0.792. The average Bonchev–Trinajstić information content (AvgIpc) is 2.45. The van der Waals surface area contributed by atoms with E-state index in [1.807, 2.05) is 24.8 Å². The molecule has 1 fully saturated rings. The summed E-state index contributed by atoms with van der Waals surface area (Å²) in [4.78, 5) is 6.51. The zero-order valence-electron chi connectivity index (χ0n) is 11.6. The normalized spacial score (nSPS) is 16.5. The lowest BCUT2D eigenvalue weighted by molar-refractivity contribution is -0.137. The fourth-order valence-corrected chi connectivity index (χ4v) is 3.48. The van der Waals surface area contributed by atoms with E-state index >= 15 is 0 Å². The molecular weight excluding hydrogens is 297 g/mol. The maximum Gasteiger partial charge on any atom is 0.416 e. The third-order valence-corrected chi connectivity index (χ3v) is 4.54. The lowest BCUT2D eigenvalue weighted by atomic mass is 10.1. The minimum atomic E-state index is -4.33. The Morgan fingerprint density at radius 2 is 1.86 bits per heavy atom. The molecule has 1 saturated heterocycles.